The Balaban J connectivity index is 1.86. The lowest BCUT2D eigenvalue weighted by Gasteiger charge is -2.37. The molecule has 35 heavy (non-hydrogen) atoms. The van der Waals surface area contributed by atoms with Crippen molar-refractivity contribution < 1.29 is 19.1 Å². The van der Waals surface area contributed by atoms with Gasteiger partial charge in [-0.25, -0.2) is 9.78 Å². The molecule has 0 unspecified atom stereocenters. The second kappa shape index (κ2) is 9.29. The highest BCUT2D eigenvalue weighted by Crippen LogP contribution is 2.36. The van der Waals surface area contributed by atoms with Crippen molar-refractivity contribution in [3.8, 4) is 11.9 Å². The van der Waals surface area contributed by atoms with Gasteiger partial charge in [0.1, 0.15) is 11.8 Å². The standard InChI is InChI=1S/C26H28N4O5/c1-15(28-19-8-6-5-7-16(19)25(32)33)21-23-17(13-20(29-21)34-4)22(31)18(14-27)24(35-23)30-11-9-26(2,3)10-12-30/h5-8,13,15,28H,9-12H2,1-4H3,(H,32,33)/t15-/m1/s1. The van der Waals surface area contributed by atoms with Crippen molar-refractivity contribution in [2.45, 2.75) is 39.7 Å². The maximum Gasteiger partial charge on any atom is 0.337 e. The zero-order valence-electron chi connectivity index (χ0n) is 20.2. The average Bonchev–Trinajstić information content (AvgIpc) is 2.83. The fourth-order valence-corrected chi connectivity index (χ4v) is 4.32. The summed E-state index contributed by atoms with van der Waals surface area (Å²) in [6.07, 6.45) is 1.80. The van der Waals surface area contributed by atoms with Gasteiger partial charge in [-0.3, -0.25) is 4.79 Å². The number of carboxylic acids is 1. The van der Waals surface area contributed by atoms with Gasteiger partial charge in [-0.05, 0) is 37.3 Å². The molecule has 0 aliphatic carbocycles. The number of hydrogen-bond acceptors (Lipinski definition) is 8. The van der Waals surface area contributed by atoms with Crippen LogP contribution in [0.25, 0.3) is 11.0 Å². The molecule has 1 aliphatic rings. The number of hydrogen-bond donors (Lipinski definition) is 2. The predicted octanol–water partition coefficient (Wildman–Crippen LogP) is 4.57. The van der Waals surface area contributed by atoms with Crippen LogP contribution in [0.4, 0.5) is 11.6 Å². The first-order valence-corrected chi connectivity index (χ1v) is 11.4. The van der Waals surface area contributed by atoms with E-state index in [0.29, 0.717) is 24.5 Å². The molecule has 9 nitrogen and oxygen atoms in total. The van der Waals surface area contributed by atoms with Gasteiger partial charge in [0.25, 0.3) is 0 Å². The Labute approximate surface area is 203 Å². The number of methoxy groups -OCH3 is 1. The fourth-order valence-electron chi connectivity index (χ4n) is 4.32. The summed E-state index contributed by atoms with van der Waals surface area (Å²) in [4.78, 5) is 31.5. The van der Waals surface area contributed by atoms with Gasteiger partial charge in [-0.2, -0.15) is 5.26 Å². The topological polar surface area (TPSA) is 129 Å². The van der Waals surface area contributed by atoms with Gasteiger partial charge < -0.3 is 24.5 Å². The van der Waals surface area contributed by atoms with Crippen LogP contribution in [0.3, 0.4) is 0 Å². The number of para-hydroxylation sites is 1. The summed E-state index contributed by atoms with van der Waals surface area (Å²) in [7, 11) is 1.44. The van der Waals surface area contributed by atoms with Gasteiger partial charge in [0.15, 0.2) is 11.1 Å². The Bertz CT molecular complexity index is 1380. The summed E-state index contributed by atoms with van der Waals surface area (Å²) in [6.45, 7) is 7.51. The summed E-state index contributed by atoms with van der Waals surface area (Å²) in [6, 6.07) is 9.49. The molecule has 3 heterocycles. The summed E-state index contributed by atoms with van der Waals surface area (Å²) >= 11 is 0. The van der Waals surface area contributed by atoms with Crippen LogP contribution in [-0.4, -0.2) is 36.3 Å². The van der Waals surface area contributed by atoms with E-state index in [1.165, 1.54) is 19.2 Å². The van der Waals surface area contributed by atoms with E-state index in [0.717, 1.165) is 12.8 Å². The molecule has 0 bridgehead atoms. The third-order valence-corrected chi connectivity index (χ3v) is 6.52. The number of fused-ring (bicyclic) bond motifs is 1. The number of piperidine rings is 1. The van der Waals surface area contributed by atoms with Gasteiger partial charge in [-0.1, -0.05) is 26.0 Å². The molecule has 1 saturated heterocycles. The molecule has 4 rings (SSSR count). The molecule has 1 fully saturated rings. The minimum atomic E-state index is -1.07. The number of benzene rings is 1. The first-order chi connectivity index (χ1) is 16.6. The van der Waals surface area contributed by atoms with Crippen LogP contribution in [0.5, 0.6) is 5.88 Å². The number of nitrogens with zero attached hydrogens (tertiary/aromatic N) is 3. The first-order valence-electron chi connectivity index (χ1n) is 11.4. The molecule has 0 radical (unpaired) electrons. The zero-order valence-corrected chi connectivity index (χ0v) is 20.2. The van der Waals surface area contributed by atoms with Gasteiger partial charge in [0.2, 0.25) is 17.2 Å². The molecular formula is C26H28N4O5. The van der Waals surface area contributed by atoms with E-state index in [4.69, 9.17) is 9.15 Å². The number of carbonyl (C=O) groups is 1. The molecular weight excluding hydrogens is 448 g/mol. The van der Waals surface area contributed by atoms with E-state index in [1.54, 1.807) is 25.1 Å². The van der Waals surface area contributed by atoms with Crippen LogP contribution >= 0.6 is 0 Å². The van der Waals surface area contributed by atoms with Gasteiger partial charge in [0, 0.05) is 24.8 Å². The Morgan fingerprint density at radius 2 is 2.00 bits per heavy atom. The smallest absolute Gasteiger partial charge is 0.337 e. The first kappa shape index (κ1) is 24.1. The highest BCUT2D eigenvalue weighted by molar-refractivity contribution is 5.94. The lowest BCUT2D eigenvalue weighted by Crippen LogP contribution is -2.38. The van der Waals surface area contributed by atoms with Gasteiger partial charge >= 0.3 is 5.97 Å². The number of ether oxygens (including phenoxy) is 1. The number of aromatic nitrogens is 1. The monoisotopic (exact) mass is 476 g/mol. The van der Waals surface area contributed by atoms with Gasteiger partial charge in [-0.15, -0.1) is 0 Å². The molecule has 9 heteroatoms. The molecule has 1 aliphatic heterocycles. The third-order valence-electron chi connectivity index (χ3n) is 6.52. The lowest BCUT2D eigenvalue weighted by molar-refractivity contribution is 0.0698. The van der Waals surface area contributed by atoms with Crippen molar-refractivity contribution in [1.29, 1.82) is 5.26 Å². The Hall–Kier alpha value is -4.06. The number of pyridine rings is 1. The molecule has 2 N–H and O–H groups in total. The highest BCUT2D eigenvalue weighted by atomic mass is 16.5. The number of rotatable bonds is 6. The molecule has 1 atom stereocenters. The summed E-state index contributed by atoms with van der Waals surface area (Å²) in [5.74, 6) is -0.632. The normalized spacial score (nSPS) is 15.9. The molecule has 0 spiro atoms. The zero-order chi connectivity index (χ0) is 25.3. The second-order valence-corrected chi connectivity index (χ2v) is 9.52. The quantitative estimate of drug-likeness (QED) is 0.526. The summed E-state index contributed by atoms with van der Waals surface area (Å²) < 4.78 is 11.6. The number of carboxylic acid groups (broad SMARTS) is 1. The maximum atomic E-state index is 13.4. The minimum absolute atomic E-state index is 0.0479. The van der Waals surface area contributed by atoms with Crippen molar-refractivity contribution in [2.24, 2.45) is 5.41 Å². The molecule has 0 amide bonds. The molecule has 1 aromatic carbocycles. The Morgan fingerprint density at radius 1 is 1.31 bits per heavy atom. The third kappa shape index (κ3) is 4.64. The average molecular weight is 477 g/mol. The fraction of sp³-hybridized carbons (Fsp3) is 0.385. The van der Waals surface area contributed by atoms with Crippen LogP contribution in [0.1, 0.15) is 61.3 Å². The van der Waals surface area contributed by atoms with Crippen molar-refractivity contribution >= 4 is 28.5 Å². The van der Waals surface area contributed by atoms with E-state index >= 15 is 0 Å². The van der Waals surface area contributed by atoms with E-state index in [2.05, 4.69) is 24.1 Å². The van der Waals surface area contributed by atoms with Crippen LogP contribution < -0.4 is 20.4 Å². The second-order valence-electron chi connectivity index (χ2n) is 9.52. The van der Waals surface area contributed by atoms with Gasteiger partial charge in [0.05, 0.1) is 24.1 Å². The summed E-state index contributed by atoms with van der Waals surface area (Å²) in [5, 5.41) is 22.7. The lowest BCUT2D eigenvalue weighted by atomic mass is 9.82. The van der Waals surface area contributed by atoms with Crippen molar-refractivity contribution in [3.63, 3.8) is 0 Å². The number of nitriles is 1. The SMILES string of the molecule is COc1cc2c(=O)c(C#N)c(N3CCC(C)(C)CC3)oc2c([C@@H](C)Nc2ccccc2C(=O)O)n1. The van der Waals surface area contributed by atoms with Crippen LogP contribution in [0, 0.1) is 16.7 Å². The molecule has 3 aromatic rings. The number of aromatic carboxylic acids is 1. The number of anilines is 2. The van der Waals surface area contributed by atoms with Crippen molar-refractivity contribution in [2.75, 3.05) is 30.4 Å². The largest absolute Gasteiger partial charge is 0.481 e. The van der Waals surface area contributed by atoms with Crippen LogP contribution in [-0.2, 0) is 0 Å². The van der Waals surface area contributed by atoms with E-state index in [-0.39, 0.29) is 39.3 Å². The maximum absolute atomic E-state index is 13.4. The Kier molecular flexibility index (Phi) is 6.39. The minimum Gasteiger partial charge on any atom is -0.481 e. The van der Waals surface area contributed by atoms with Crippen molar-refractivity contribution in [1.82, 2.24) is 4.98 Å². The molecule has 182 valence electrons. The predicted molar refractivity (Wildman–Crippen MR) is 132 cm³/mol. The van der Waals surface area contributed by atoms with E-state index in [9.17, 15) is 20.0 Å². The van der Waals surface area contributed by atoms with Crippen LogP contribution in [0.15, 0.2) is 39.5 Å². The highest BCUT2D eigenvalue weighted by Gasteiger charge is 2.30. The van der Waals surface area contributed by atoms with E-state index in [1.807, 2.05) is 11.0 Å². The van der Waals surface area contributed by atoms with Crippen molar-refractivity contribution in [3.05, 3.63) is 57.4 Å². The molecule has 2 aromatic heterocycles. The number of nitrogens with one attached hydrogen (secondary N) is 1. The van der Waals surface area contributed by atoms with E-state index < -0.39 is 17.4 Å². The Morgan fingerprint density at radius 3 is 2.63 bits per heavy atom. The van der Waals surface area contributed by atoms with Crippen LogP contribution in [0.2, 0.25) is 0 Å². The molecule has 0 saturated carbocycles. The summed E-state index contributed by atoms with van der Waals surface area (Å²) in [5.41, 5.74) is 0.802.